The van der Waals surface area contributed by atoms with E-state index in [9.17, 15) is 8.42 Å². The van der Waals surface area contributed by atoms with Crippen molar-refractivity contribution >= 4 is 9.84 Å². The number of hydrogen-bond donors (Lipinski definition) is 0. The Bertz CT molecular complexity index is 1070. The maximum Gasteiger partial charge on any atom is 0.183 e. The van der Waals surface area contributed by atoms with Gasteiger partial charge in [0.2, 0.25) is 0 Å². The van der Waals surface area contributed by atoms with Crippen LogP contribution in [0.15, 0.2) is 58.5 Å². The lowest BCUT2D eigenvalue weighted by Crippen LogP contribution is -2.25. The van der Waals surface area contributed by atoms with Crippen molar-refractivity contribution in [1.29, 1.82) is 0 Å². The number of benzene rings is 1. The monoisotopic (exact) mass is 369 g/mol. The van der Waals surface area contributed by atoms with Gasteiger partial charge in [-0.05, 0) is 29.3 Å². The number of sulfone groups is 1. The van der Waals surface area contributed by atoms with E-state index in [1.165, 1.54) is 0 Å². The van der Waals surface area contributed by atoms with Crippen LogP contribution < -0.4 is 0 Å². The van der Waals surface area contributed by atoms with E-state index in [2.05, 4.69) is 10.00 Å². The van der Waals surface area contributed by atoms with Crippen LogP contribution in [0, 0.1) is 0 Å². The van der Waals surface area contributed by atoms with E-state index < -0.39 is 9.84 Å². The second-order valence-corrected chi connectivity index (χ2v) is 9.31. The van der Waals surface area contributed by atoms with Crippen LogP contribution in [-0.2, 0) is 23.4 Å². The molecule has 134 valence electrons. The van der Waals surface area contributed by atoms with Gasteiger partial charge in [0.1, 0.15) is 0 Å². The first-order valence-electron chi connectivity index (χ1n) is 8.62. The Morgan fingerprint density at radius 2 is 2.12 bits per heavy atom. The molecule has 0 saturated carbocycles. The molecular formula is C19H19N3O3S. The first-order chi connectivity index (χ1) is 12.5. The van der Waals surface area contributed by atoms with Gasteiger partial charge in [0.05, 0.1) is 28.9 Å². The lowest BCUT2D eigenvalue weighted by atomic mass is 9.95. The van der Waals surface area contributed by atoms with Crippen molar-refractivity contribution in [2.75, 3.05) is 13.1 Å². The van der Waals surface area contributed by atoms with E-state index in [0.29, 0.717) is 11.4 Å². The van der Waals surface area contributed by atoms with E-state index in [4.69, 9.17) is 4.42 Å². The molecule has 0 N–H and O–H groups in total. The van der Waals surface area contributed by atoms with Crippen molar-refractivity contribution in [1.82, 2.24) is 14.7 Å². The van der Waals surface area contributed by atoms with E-state index in [0.717, 1.165) is 35.3 Å². The molecule has 0 amide bonds. The fourth-order valence-corrected chi connectivity index (χ4v) is 6.47. The summed E-state index contributed by atoms with van der Waals surface area (Å²) < 4.78 is 32.9. The van der Waals surface area contributed by atoms with Gasteiger partial charge in [-0.25, -0.2) is 8.42 Å². The van der Waals surface area contributed by atoms with Gasteiger partial charge < -0.3 is 4.42 Å². The molecular weight excluding hydrogens is 350 g/mol. The molecule has 2 atom stereocenters. The molecule has 0 unspecified atom stereocenters. The molecule has 1 fully saturated rings. The van der Waals surface area contributed by atoms with E-state index in [1.54, 1.807) is 23.3 Å². The van der Waals surface area contributed by atoms with Crippen LogP contribution >= 0.6 is 0 Å². The van der Waals surface area contributed by atoms with Crippen molar-refractivity contribution in [2.45, 2.75) is 22.6 Å². The van der Waals surface area contributed by atoms with Gasteiger partial charge in [0.15, 0.2) is 9.84 Å². The van der Waals surface area contributed by atoms with E-state index in [-0.39, 0.29) is 11.2 Å². The zero-order valence-electron chi connectivity index (χ0n) is 14.4. The van der Waals surface area contributed by atoms with Crippen LogP contribution in [0.25, 0.3) is 11.1 Å². The Balaban J connectivity index is 1.48. The summed E-state index contributed by atoms with van der Waals surface area (Å²) in [5.41, 5.74) is 4.03. The van der Waals surface area contributed by atoms with Crippen molar-refractivity contribution < 1.29 is 12.8 Å². The van der Waals surface area contributed by atoms with Gasteiger partial charge in [-0.3, -0.25) is 9.58 Å². The SMILES string of the molecule is Cn1cc(CN2C[C@@H]3c4cc(-c5ccoc5)ccc4S(=O)(=O)[C@H]3C2)cn1. The Labute approximate surface area is 152 Å². The minimum atomic E-state index is -3.27. The summed E-state index contributed by atoms with van der Waals surface area (Å²) in [6.45, 7) is 2.05. The van der Waals surface area contributed by atoms with Crippen LogP contribution in [0.2, 0.25) is 0 Å². The van der Waals surface area contributed by atoms with Crippen molar-refractivity contribution in [3.05, 3.63) is 60.3 Å². The van der Waals surface area contributed by atoms with Crippen LogP contribution in [0.4, 0.5) is 0 Å². The predicted octanol–water partition coefficient (Wildman–Crippen LogP) is 2.44. The number of aromatic nitrogens is 2. The van der Waals surface area contributed by atoms with Gasteiger partial charge in [-0.1, -0.05) is 6.07 Å². The normalized spacial score (nSPS) is 23.9. The smallest absolute Gasteiger partial charge is 0.183 e. The Hall–Kier alpha value is -2.38. The first kappa shape index (κ1) is 15.8. The largest absolute Gasteiger partial charge is 0.472 e. The summed E-state index contributed by atoms with van der Waals surface area (Å²) >= 11 is 0. The van der Waals surface area contributed by atoms with Crippen LogP contribution in [0.1, 0.15) is 17.0 Å². The number of nitrogens with zero attached hydrogens (tertiary/aromatic N) is 3. The van der Waals surface area contributed by atoms with Crippen molar-refractivity contribution in [2.24, 2.45) is 7.05 Å². The summed E-state index contributed by atoms with van der Waals surface area (Å²) in [5.74, 6) is 0.0264. The van der Waals surface area contributed by atoms with Gasteiger partial charge in [0, 0.05) is 49.9 Å². The quantitative estimate of drug-likeness (QED) is 0.709. The summed E-state index contributed by atoms with van der Waals surface area (Å²) in [7, 11) is -1.39. The number of fused-ring (bicyclic) bond motifs is 3. The Morgan fingerprint density at radius 1 is 1.23 bits per heavy atom. The van der Waals surface area contributed by atoms with Gasteiger partial charge in [-0.15, -0.1) is 0 Å². The Kier molecular flexibility index (Phi) is 3.39. The van der Waals surface area contributed by atoms with Crippen LogP contribution in [0.5, 0.6) is 0 Å². The topological polar surface area (TPSA) is 68.3 Å². The average Bonchev–Trinajstić information content (AvgIpc) is 3.37. The van der Waals surface area contributed by atoms with Crippen LogP contribution in [-0.4, -0.2) is 41.4 Å². The molecule has 0 aliphatic carbocycles. The van der Waals surface area contributed by atoms with Crippen molar-refractivity contribution in [3.63, 3.8) is 0 Å². The molecule has 2 aliphatic rings. The van der Waals surface area contributed by atoms with Crippen LogP contribution in [0.3, 0.4) is 0 Å². The molecule has 4 heterocycles. The third-order valence-electron chi connectivity index (χ3n) is 5.48. The minimum Gasteiger partial charge on any atom is -0.472 e. The summed E-state index contributed by atoms with van der Waals surface area (Å²) in [4.78, 5) is 2.72. The molecule has 26 heavy (non-hydrogen) atoms. The highest BCUT2D eigenvalue weighted by atomic mass is 32.2. The van der Waals surface area contributed by atoms with Gasteiger partial charge in [0.25, 0.3) is 0 Å². The summed E-state index contributed by atoms with van der Waals surface area (Å²) in [6, 6.07) is 7.55. The Morgan fingerprint density at radius 3 is 2.85 bits per heavy atom. The number of rotatable bonds is 3. The molecule has 5 rings (SSSR count). The fraction of sp³-hybridized carbons (Fsp3) is 0.316. The third kappa shape index (κ3) is 2.34. The number of aryl methyl sites for hydroxylation is 1. The molecule has 1 aromatic carbocycles. The number of likely N-dealkylation sites (tertiary alicyclic amines) is 1. The standard InChI is InChI=1S/C19H19N3O3S/c1-21-8-13(7-20-21)9-22-10-17-16-6-14(15-4-5-25-12-15)2-3-18(16)26(23,24)19(17)11-22/h2-8,12,17,19H,9-11H2,1H3/t17-,19+/m1/s1. The second-order valence-electron chi connectivity index (χ2n) is 7.17. The lowest BCUT2D eigenvalue weighted by molar-refractivity contribution is 0.325. The summed E-state index contributed by atoms with van der Waals surface area (Å²) in [5, 5.41) is 3.85. The fourth-order valence-electron chi connectivity index (χ4n) is 4.27. The zero-order chi connectivity index (χ0) is 17.9. The highest BCUT2D eigenvalue weighted by Gasteiger charge is 2.50. The molecule has 2 aliphatic heterocycles. The highest BCUT2D eigenvalue weighted by molar-refractivity contribution is 7.92. The van der Waals surface area contributed by atoms with E-state index in [1.807, 2.05) is 37.6 Å². The summed E-state index contributed by atoms with van der Waals surface area (Å²) in [6.07, 6.45) is 7.14. The van der Waals surface area contributed by atoms with Gasteiger partial charge >= 0.3 is 0 Å². The number of furan rings is 1. The molecule has 3 aromatic rings. The molecule has 1 saturated heterocycles. The minimum absolute atomic E-state index is 0.0264. The second kappa shape index (κ2) is 5.56. The molecule has 0 bridgehead atoms. The zero-order valence-corrected chi connectivity index (χ0v) is 15.2. The highest BCUT2D eigenvalue weighted by Crippen LogP contribution is 2.46. The van der Waals surface area contributed by atoms with Gasteiger partial charge in [-0.2, -0.15) is 5.10 Å². The maximum absolute atomic E-state index is 13.0. The third-order valence-corrected chi connectivity index (χ3v) is 7.73. The number of hydrogen-bond acceptors (Lipinski definition) is 5. The first-order valence-corrected chi connectivity index (χ1v) is 10.2. The molecule has 7 heteroatoms. The molecule has 0 spiro atoms. The molecule has 6 nitrogen and oxygen atoms in total. The lowest BCUT2D eigenvalue weighted by Gasteiger charge is -2.16. The van der Waals surface area contributed by atoms with E-state index >= 15 is 0 Å². The van der Waals surface area contributed by atoms with Crippen molar-refractivity contribution in [3.8, 4) is 11.1 Å². The maximum atomic E-state index is 13.0. The predicted molar refractivity (Wildman–Crippen MR) is 96.3 cm³/mol. The molecule has 2 aromatic heterocycles. The average molecular weight is 369 g/mol. The molecule has 0 radical (unpaired) electrons.